The van der Waals surface area contributed by atoms with Gasteiger partial charge in [-0.25, -0.2) is 17.9 Å². The van der Waals surface area contributed by atoms with E-state index in [-0.39, 0.29) is 35.0 Å². The molecule has 1 saturated carbocycles. The van der Waals surface area contributed by atoms with Crippen molar-refractivity contribution in [2.24, 2.45) is 11.8 Å². The molecule has 1 aromatic heterocycles. The third kappa shape index (κ3) is 6.29. The SMILES string of the molecule is Cc1nc(NS(=O)(=O)c2ccc(NC(=O)[C@@H]3[C@H](C4CCCCC4)CCN3OC(=O)C(F)(F)F)cc2)oc1C. The first-order valence-corrected chi connectivity index (χ1v) is 13.8. The minimum Gasteiger partial charge on any atom is -0.428 e. The highest BCUT2D eigenvalue weighted by Gasteiger charge is 2.49. The number of carbonyl (C=O) groups is 2. The van der Waals surface area contributed by atoms with Crippen LogP contribution < -0.4 is 10.0 Å². The molecule has 1 aliphatic carbocycles. The number of rotatable bonds is 7. The summed E-state index contributed by atoms with van der Waals surface area (Å²) < 4.78 is 71.4. The molecule has 1 aliphatic heterocycles. The normalized spacial score (nSPS) is 21.3. The fourth-order valence-electron chi connectivity index (χ4n) is 5.05. The van der Waals surface area contributed by atoms with Crippen LogP contribution >= 0.6 is 0 Å². The molecule has 2 atom stereocenters. The number of nitrogens with zero attached hydrogens (tertiary/aromatic N) is 2. The zero-order valence-electron chi connectivity index (χ0n) is 20.9. The summed E-state index contributed by atoms with van der Waals surface area (Å²) in [5.41, 5.74) is 0.766. The van der Waals surface area contributed by atoms with Crippen molar-refractivity contribution in [2.75, 3.05) is 16.6 Å². The predicted octanol–water partition coefficient (Wildman–Crippen LogP) is 4.32. The van der Waals surface area contributed by atoms with Crippen LogP contribution in [0.25, 0.3) is 0 Å². The first-order chi connectivity index (χ1) is 17.8. The molecule has 1 aromatic carbocycles. The van der Waals surface area contributed by atoms with Crippen LogP contribution in [-0.4, -0.2) is 49.1 Å². The van der Waals surface area contributed by atoms with Crippen LogP contribution in [0.1, 0.15) is 50.0 Å². The maximum absolute atomic E-state index is 13.3. The molecule has 1 amide bonds. The van der Waals surface area contributed by atoms with Gasteiger partial charge in [0.05, 0.1) is 10.6 Å². The summed E-state index contributed by atoms with van der Waals surface area (Å²) in [5.74, 6) is -2.71. The largest absolute Gasteiger partial charge is 0.492 e. The lowest BCUT2D eigenvalue weighted by Gasteiger charge is -2.32. The van der Waals surface area contributed by atoms with Crippen LogP contribution in [0.5, 0.6) is 0 Å². The van der Waals surface area contributed by atoms with Gasteiger partial charge in [-0.15, -0.1) is 5.06 Å². The number of halogens is 3. The number of anilines is 2. The molecule has 208 valence electrons. The summed E-state index contributed by atoms with van der Waals surface area (Å²) >= 11 is 0. The number of amides is 1. The Labute approximate surface area is 217 Å². The molecule has 0 bridgehead atoms. The Bertz CT molecular complexity index is 1250. The van der Waals surface area contributed by atoms with E-state index in [1.807, 2.05) is 0 Å². The lowest BCUT2D eigenvalue weighted by atomic mass is 9.76. The number of hydrogen-bond acceptors (Lipinski definition) is 8. The van der Waals surface area contributed by atoms with Gasteiger partial charge in [-0.3, -0.25) is 4.79 Å². The number of benzene rings is 1. The maximum Gasteiger partial charge on any atom is 0.492 e. The summed E-state index contributed by atoms with van der Waals surface area (Å²) in [6.45, 7) is 3.32. The topological polar surface area (TPSA) is 131 Å². The monoisotopic (exact) mass is 558 g/mol. The van der Waals surface area contributed by atoms with Crippen molar-refractivity contribution in [2.45, 2.75) is 69.5 Å². The number of nitrogens with one attached hydrogen (secondary N) is 2. The van der Waals surface area contributed by atoms with Gasteiger partial charge in [0.2, 0.25) is 5.91 Å². The average molecular weight is 559 g/mol. The Hall–Kier alpha value is -3.13. The summed E-state index contributed by atoms with van der Waals surface area (Å²) in [6.07, 6.45) is -0.0925. The molecule has 38 heavy (non-hydrogen) atoms. The minimum atomic E-state index is -5.19. The number of oxazole rings is 1. The molecule has 2 aliphatic rings. The van der Waals surface area contributed by atoms with Crippen molar-refractivity contribution >= 4 is 33.6 Å². The first kappa shape index (κ1) is 27.9. The minimum absolute atomic E-state index is 0.00366. The van der Waals surface area contributed by atoms with Crippen LogP contribution in [-0.2, 0) is 24.4 Å². The fourth-order valence-corrected chi connectivity index (χ4v) is 5.98. The summed E-state index contributed by atoms with van der Waals surface area (Å²) in [4.78, 5) is 33.3. The second-order valence-corrected chi connectivity index (χ2v) is 11.3. The van der Waals surface area contributed by atoms with Crippen molar-refractivity contribution in [1.82, 2.24) is 10.0 Å². The van der Waals surface area contributed by atoms with Gasteiger partial charge in [0.25, 0.3) is 10.0 Å². The quantitative estimate of drug-likeness (QED) is 0.514. The lowest BCUT2D eigenvalue weighted by Crippen LogP contribution is -2.47. The lowest BCUT2D eigenvalue weighted by molar-refractivity contribution is -0.241. The van der Waals surface area contributed by atoms with Crippen LogP contribution in [0.4, 0.5) is 24.9 Å². The number of sulfonamides is 1. The highest BCUT2D eigenvalue weighted by atomic mass is 32.2. The maximum atomic E-state index is 13.3. The van der Waals surface area contributed by atoms with E-state index in [9.17, 15) is 31.2 Å². The second-order valence-electron chi connectivity index (χ2n) is 9.59. The molecule has 0 unspecified atom stereocenters. The number of aromatic nitrogens is 1. The Morgan fingerprint density at radius 1 is 1.08 bits per heavy atom. The summed E-state index contributed by atoms with van der Waals surface area (Å²) in [5, 5.41) is 3.46. The van der Waals surface area contributed by atoms with Crippen LogP contribution in [0.3, 0.4) is 0 Å². The third-order valence-electron chi connectivity index (χ3n) is 7.04. The fraction of sp³-hybridized carbons (Fsp3) is 0.542. The zero-order valence-corrected chi connectivity index (χ0v) is 21.7. The van der Waals surface area contributed by atoms with Crippen molar-refractivity contribution in [1.29, 1.82) is 0 Å². The molecule has 0 spiro atoms. The second kappa shape index (κ2) is 10.9. The van der Waals surface area contributed by atoms with E-state index in [1.54, 1.807) is 13.8 Å². The highest BCUT2D eigenvalue weighted by Crippen LogP contribution is 2.40. The third-order valence-corrected chi connectivity index (χ3v) is 8.37. The molecule has 2 N–H and O–H groups in total. The Balaban J connectivity index is 1.49. The van der Waals surface area contributed by atoms with Crippen molar-refractivity contribution in [3.8, 4) is 0 Å². The standard InChI is InChI=1S/C24H29F3N4O6S/c1-14-15(2)36-23(28-14)30-38(34,35)18-10-8-17(9-11-18)29-21(32)20-19(16-6-4-3-5-7-16)12-13-31(20)37-22(33)24(25,26)27/h8-11,16,19-20H,3-7,12-13H2,1-2H3,(H,28,30)(H,29,32)/t19-,20-/m0/s1. The molecule has 10 nitrogen and oxygen atoms in total. The van der Waals surface area contributed by atoms with E-state index in [0.717, 1.165) is 37.2 Å². The molecule has 4 rings (SSSR count). The van der Waals surface area contributed by atoms with E-state index in [4.69, 9.17) is 4.42 Å². The number of alkyl halides is 3. The van der Waals surface area contributed by atoms with Gasteiger partial charge in [0, 0.05) is 12.2 Å². The molecule has 1 saturated heterocycles. The van der Waals surface area contributed by atoms with E-state index in [0.29, 0.717) is 17.9 Å². The molecular weight excluding hydrogens is 529 g/mol. The van der Waals surface area contributed by atoms with Crippen LogP contribution in [0.2, 0.25) is 0 Å². The average Bonchev–Trinajstić information content (AvgIpc) is 3.41. The van der Waals surface area contributed by atoms with Gasteiger partial charge in [-0.2, -0.15) is 18.2 Å². The van der Waals surface area contributed by atoms with Gasteiger partial charge < -0.3 is 14.6 Å². The van der Waals surface area contributed by atoms with Crippen molar-refractivity contribution in [3.05, 3.63) is 35.7 Å². The van der Waals surface area contributed by atoms with Gasteiger partial charge >= 0.3 is 18.2 Å². The van der Waals surface area contributed by atoms with E-state index < -0.39 is 34.1 Å². The van der Waals surface area contributed by atoms with Gasteiger partial charge in [-0.1, -0.05) is 32.1 Å². The molecule has 0 radical (unpaired) electrons. The number of hydroxylamine groups is 2. The highest BCUT2D eigenvalue weighted by molar-refractivity contribution is 7.92. The van der Waals surface area contributed by atoms with E-state index in [2.05, 4.69) is 19.9 Å². The molecule has 2 aromatic rings. The summed E-state index contributed by atoms with van der Waals surface area (Å²) in [7, 11) is -4.03. The van der Waals surface area contributed by atoms with Crippen molar-refractivity contribution in [3.63, 3.8) is 0 Å². The van der Waals surface area contributed by atoms with Gasteiger partial charge in [0.15, 0.2) is 0 Å². The van der Waals surface area contributed by atoms with E-state index in [1.165, 1.54) is 24.3 Å². The molecular formula is C24H29F3N4O6S. The Morgan fingerprint density at radius 3 is 2.32 bits per heavy atom. The Kier molecular flexibility index (Phi) is 8.02. The van der Waals surface area contributed by atoms with E-state index >= 15 is 0 Å². The van der Waals surface area contributed by atoms with Gasteiger partial charge in [-0.05, 0) is 56.4 Å². The zero-order chi connectivity index (χ0) is 27.7. The number of aryl methyl sites for hydroxylation is 2. The van der Waals surface area contributed by atoms with Crippen LogP contribution in [0.15, 0.2) is 33.6 Å². The number of carbonyl (C=O) groups excluding carboxylic acids is 2. The molecule has 2 fully saturated rings. The predicted molar refractivity (Wildman–Crippen MR) is 129 cm³/mol. The molecule has 14 heteroatoms. The Morgan fingerprint density at radius 2 is 1.74 bits per heavy atom. The first-order valence-electron chi connectivity index (χ1n) is 12.3. The summed E-state index contributed by atoms with van der Waals surface area (Å²) in [6, 6.07) is 3.95. The number of hydrogen-bond donors (Lipinski definition) is 2. The van der Waals surface area contributed by atoms with Crippen molar-refractivity contribution < 1.29 is 40.4 Å². The molecule has 2 heterocycles. The smallest absolute Gasteiger partial charge is 0.428 e. The van der Waals surface area contributed by atoms with Gasteiger partial charge in [0.1, 0.15) is 11.8 Å². The van der Waals surface area contributed by atoms with Crippen LogP contribution in [0, 0.1) is 25.7 Å².